The molecule has 0 aliphatic carbocycles. The Morgan fingerprint density at radius 2 is 1.52 bits per heavy atom. The number of carbonyl (C=O) groups excluding carboxylic acids is 3. The highest BCUT2D eigenvalue weighted by Gasteiger charge is 2.33. The molecule has 0 saturated carbocycles. The van der Waals surface area contributed by atoms with E-state index in [0.29, 0.717) is 5.56 Å². The summed E-state index contributed by atoms with van der Waals surface area (Å²) in [6.07, 6.45) is 0.561. The molecular formula is C17H32N6O5S. The molecule has 0 aliphatic heterocycles. The number of nitrogens with zero attached hydrogens (tertiary/aromatic N) is 1. The second kappa shape index (κ2) is 14.5. The molecule has 2 atom stereocenters. The molecule has 0 spiro atoms. The highest BCUT2D eigenvalue weighted by atomic mass is 32.2. The van der Waals surface area contributed by atoms with Crippen LogP contribution in [0.1, 0.15) is 18.0 Å². The molecule has 11 nitrogen and oxygen atoms in total. The van der Waals surface area contributed by atoms with Crippen LogP contribution in [0.2, 0.25) is 0 Å². The molecule has 0 saturated heterocycles. The lowest BCUT2D eigenvalue weighted by Crippen LogP contribution is -2.51. The van der Waals surface area contributed by atoms with Gasteiger partial charge in [0.15, 0.2) is 0 Å². The first kappa shape index (κ1) is 28.7. The molecule has 1 aromatic carbocycles. The van der Waals surface area contributed by atoms with Crippen LogP contribution in [-0.2, 0) is 24.4 Å². The standard InChI is InChI=1S/C15H22N4O5S.2CH5N/c1-17-14(21)11(9-12(16)20)18-15(22)13(19(2)25(3,23)24)10-7-5-4-6-8-10;2*1-2/h4-8,11,13H,9H2,1-3H3,(H2,16,20)(H,17,21)(H,18,22);2*2H2,1H3/t11-,13?;;/m0../s1. The van der Waals surface area contributed by atoms with E-state index in [1.54, 1.807) is 30.3 Å². The van der Waals surface area contributed by atoms with Gasteiger partial charge in [0.05, 0.1) is 12.7 Å². The third-order valence-electron chi connectivity index (χ3n) is 3.54. The number of hydrogen-bond donors (Lipinski definition) is 5. The number of nitrogens with one attached hydrogen (secondary N) is 2. The average Bonchev–Trinajstić information content (AvgIpc) is 2.69. The van der Waals surface area contributed by atoms with Gasteiger partial charge < -0.3 is 27.8 Å². The summed E-state index contributed by atoms with van der Waals surface area (Å²) in [6.45, 7) is 0. The molecular weight excluding hydrogens is 400 g/mol. The molecule has 8 N–H and O–H groups in total. The first-order valence-corrected chi connectivity index (χ1v) is 10.4. The largest absolute Gasteiger partial charge is 0.370 e. The minimum atomic E-state index is -3.70. The summed E-state index contributed by atoms with van der Waals surface area (Å²) in [5.41, 5.74) is 14.5. The predicted molar refractivity (Wildman–Crippen MR) is 112 cm³/mol. The van der Waals surface area contributed by atoms with Gasteiger partial charge in [0.25, 0.3) is 0 Å². The van der Waals surface area contributed by atoms with Gasteiger partial charge in [-0.2, -0.15) is 4.31 Å². The number of benzene rings is 1. The number of amides is 3. The van der Waals surface area contributed by atoms with Crippen LogP contribution in [0, 0.1) is 0 Å². The van der Waals surface area contributed by atoms with Crippen molar-refractivity contribution in [3.05, 3.63) is 35.9 Å². The molecule has 0 fully saturated rings. The lowest BCUT2D eigenvalue weighted by Gasteiger charge is -2.27. The van der Waals surface area contributed by atoms with Gasteiger partial charge in [-0.3, -0.25) is 14.4 Å². The van der Waals surface area contributed by atoms with Crippen LogP contribution >= 0.6 is 0 Å². The van der Waals surface area contributed by atoms with Gasteiger partial charge in [-0.05, 0) is 19.7 Å². The van der Waals surface area contributed by atoms with Crippen molar-refractivity contribution in [1.29, 1.82) is 0 Å². The van der Waals surface area contributed by atoms with Crippen molar-refractivity contribution >= 4 is 27.7 Å². The van der Waals surface area contributed by atoms with Gasteiger partial charge in [-0.15, -0.1) is 0 Å². The molecule has 166 valence electrons. The van der Waals surface area contributed by atoms with Crippen molar-refractivity contribution < 1.29 is 22.8 Å². The highest BCUT2D eigenvalue weighted by molar-refractivity contribution is 7.88. The van der Waals surface area contributed by atoms with Crippen molar-refractivity contribution in [3.8, 4) is 0 Å². The van der Waals surface area contributed by atoms with E-state index in [1.165, 1.54) is 28.2 Å². The molecule has 12 heteroatoms. The fourth-order valence-electron chi connectivity index (χ4n) is 2.19. The molecule has 29 heavy (non-hydrogen) atoms. The van der Waals surface area contributed by atoms with Crippen molar-refractivity contribution in [3.63, 3.8) is 0 Å². The van der Waals surface area contributed by atoms with E-state index >= 15 is 0 Å². The number of nitrogens with two attached hydrogens (primary N) is 3. The Bertz CT molecular complexity index is 742. The minimum absolute atomic E-state index is 0.407. The number of likely N-dealkylation sites (N-methyl/N-ethyl adjacent to an activating group) is 2. The van der Waals surface area contributed by atoms with Crippen LogP contribution < -0.4 is 27.8 Å². The average molecular weight is 433 g/mol. The van der Waals surface area contributed by atoms with Crippen molar-refractivity contribution in [2.45, 2.75) is 18.5 Å². The first-order valence-electron chi connectivity index (χ1n) is 8.51. The second-order valence-electron chi connectivity index (χ2n) is 5.44. The number of rotatable bonds is 8. The second-order valence-corrected chi connectivity index (χ2v) is 7.48. The molecule has 1 unspecified atom stereocenters. The van der Waals surface area contributed by atoms with Crippen LogP contribution in [0.15, 0.2) is 30.3 Å². The van der Waals surface area contributed by atoms with Crippen LogP contribution in [0.25, 0.3) is 0 Å². The summed E-state index contributed by atoms with van der Waals surface area (Å²) in [5, 5.41) is 4.71. The maximum absolute atomic E-state index is 12.7. The van der Waals surface area contributed by atoms with Gasteiger partial charge in [0, 0.05) is 14.1 Å². The topological polar surface area (TPSA) is 191 Å². The van der Waals surface area contributed by atoms with Gasteiger partial charge >= 0.3 is 0 Å². The zero-order valence-electron chi connectivity index (χ0n) is 17.4. The third kappa shape index (κ3) is 9.99. The van der Waals surface area contributed by atoms with Gasteiger partial charge in [-0.25, -0.2) is 8.42 Å². The molecule has 3 amide bonds. The summed E-state index contributed by atoms with van der Waals surface area (Å²) < 4.78 is 24.7. The van der Waals surface area contributed by atoms with Crippen LogP contribution in [0.3, 0.4) is 0 Å². The fourth-order valence-corrected chi connectivity index (χ4v) is 2.79. The number of carbonyl (C=O) groups is 3. The van der Waals surface area contributed by atoms with Crippen molar-refractivity contribution in [2.24, 2.45) is 17.2 Å². The van der Waals surface area contributed by atoms with E-state index in [4.69, 9.17) is 5.73 Å². The van der Waals surface area contributed by atoms with Crippen LogP contribution in [0.5, 0.6) is 0 Å². The Hall–Kier alpha value is -2.54. The van der Waals surface area contributed by atoms with E-state index in [-0.39, 0.29) is 0 Å². The summed E-state index contributed by atoms with van der Waals surface area (Å²) in [6, 6.07) is 5.82. The quantitative estimate of drug-likeness (QED) is 0.310. The Labute approximate surface area is 172 Å². The van der Waals surface area contributed by atoms with E-state index in [1.807, 2.05) is 0 Å². The minimum Gasteiger partial charge on any atom is -0.370 e. The molecule has 0 aromatic heterocycles. The molecule has 1 rings (SSSR count). The Kier molecular flexibility index (Phi) is 14.3. The highest BCUT2D eigenvalue weighted by Crippen LogP contribution is 2.22. The van der Waals surface area contributed by atoms with E-state index in [0.717, 1.165) is 10.6 Å². The zero-order valence-corrected chi connectivity index (χ0v) is 18.2. The maximum atomic E-state index is 12.7. The monoisotopic (exact) mass is 432 g/mol. The van der Waals surface area contributed by atoms with Crippen molar-refractivity contribution in [1.82, 2.24) is 14.9 Å². The zero-order chi connectivity index (χ0) is 23.2. The lowest BCUT2D eigenvalue weighted by atomic mass is 10.1. The molecule has 0 aliphatic rings. The van der Waals surface area contributed by atoms with E-state index < -0.39 is 46.2 Å². The summed E-state index contributed by atoms with van der Waals surface area (Å²) in [4.78, 5) is 35.7. The first-order chi connectivity index (χ1) is 13.6. The molecule has 1 aromatic rings. The van der Waals surface area contributed by atoms with Crippen molar-refractivity contribution in [2.75, 3.05) is 34.4 Å². The third-order valence-corrected chi connectivity index (χ3v) is 4.79. The summed E-state index contributed by atoms with van der Waals surface area (Å²) in [5.74, 6) is -2.13. The number of hydrogen-bond acceptors (Lipinski definition) is 7. The Morgan fingerprint density at radius 3 is 1.90 bits per heavy atom. The number of sulfonamides is 1. The Balaban J connectivity index is 0. The molecule has 0 heterocycles. The van der Waals surface area contributed by atoms with E-state index in [9.17, 15) is 22.8 Å². The van der Waals surface area contributed by atoms with Crippen LogP contribution in [-0.4, -0.2) is 70.9 Å². The Morgan fingerprint density at radius 1 is 1.03 bits per heavy atom. The normalized spacial score (nSPS) is 12.3. The maximum Gasteiger partial charge on any atom is 0.243 e. The predicted octanol–water partition coefficient (Wildman–Crippen LogP) is -2.12. The summed E-state index contributed by atoms with van der Waals surface area (Å²) >= 11 is 0. The van der Waals surface area contributed by atoms with Gasteiger partial charge in [-0.1, -0.05) is 30.3 Å². The number of primary amides is 1. The summed E-state index contributed by atoms with van der Waals surface area (Å²) in [7, 11) is 1.91. The molecule has 0 bridgehead atoms. The van der Waals surface area contributed by atoms with E-state index in [2.05, 4.69) is 22.1 Å². The van der Waals surface area contributed by atoms with Gasteiger partial charge in [0.2, 0.25) is 27.7 Å². The smallest absolute Gasteiger partial charge is 0.243 e. The molecule has 0 radical (unpaired) electrons. The lowest BCUT2D eigenvalue weighted by molar-refractivity contribution is -0.132. The SMILES string of the molecule is CN.CN.CNC(=O)[C@H](CC(N)=O)NC(=O)C(c1ccccc1)N(C)S(C)(=O)=O. The van der Waals surface area contributed by atoms with Gasteiger partial charge in [0.1, 0.15) is 12.1 Å². The van der Waals surface area contributed by atoms with Crippen LogP contribution in [0.4, 0.5) is 0 Å². The fraction of sp³-hybridized carbons (Fsp3) is 0.471.